The lowest BCUT2D eigenvalue weighted by Gasteiger charge is -2.09. The summed E-state index contributed by atoms with van der Waals surface area (Å²) < 4.78 is 5.35. The number of nitrogens with two attached hydrogens (primary N) is 1. The highest BCUT2D eigenvalue weighted by molar-refractivity contribution is 5.47. The van der Waals surface area contributed by atoms with Gasteiger partial charge in [-0.3, -0.25) is 0 Å². The molecule has 13 heavy (non-hydrogen) atoms. The predicted molar refractivity (Wildman–Crippen MR) is 52.4 cm³/mol. The van der Waals surface area contributed by atoms with Crippen LogP contribution in [0.3, 0.4) is 0 Å². The van der Waals surface area contributed by atoms with E-state index in [1.807, 2.05) is 13.8 Å². The molecule has 0 aliphatic heterocycles. The number of anilines is 1. The van der Waals surface area contributed by atoms with Gasteiger partial charge in [-0.05, 0) is 19.9 Å². The van der Waals surface area contributed by atoms with Gasteiger partial charge in [-0.2, -0.15) is 0 Å². The Kier molecular flexibility index (Phi) is 3.14. The third-order valence-corrected chi connectivity index (χ3v) is 1.68. The SMILES string of the molecule is CC(C)OCc1ccc(N)cc1O. The van der Waals surface area contributed by atoms with Gasteiger partial charge in [0, 0.05) is 17.3 Å². The van der Waals surface area contributed by atoms with Gasteiger partial charge in [0.2, 0.25) is 0 Å². The quantitative estimate of drug-likeness (QED) is 0.700. The van der Waals surface area contributed by atoms with Crippen LogP contribution in [0.5, 0.6) is 5.75 Å². The normalized spacial score (nSPS) is 10.7. The van der Waals surface area contributed by atoms with E-state index in [9.17, 15) is 5.11 Å². The molecule has 0 heterocycles. The number of phenolic OH excluding ortho intramolecular Hbond substituents is 1. The lowest BCUT2D eigenvalue weighted by molar-refractivity contribution is 0.0645. The third-order valence-electron chi connectivity index (χ3n) is 1.68. The minimum atomic E-state index is 0.164. The molecule has 3 N–H and O–H groups in total. The van der Waals surface area contributed by atoms with Crippen LogP contribution in [-0.4, -0.2) is 11.2 Å². The molecule has 3 heteroatoms. The van der Waals surface area contributed by atoms with Crippen molar-refractivity contribution in [3.8, 4) is 5.75 Å². The van der Waals surface area contributed by atoms with Gasteiger partial charge in [-0.15, -0.1) is 0 Å². The number of phenols is 1. The number of benzene rings is 1. The van der Waals surface area contributed by atoms with Crippen LogP contribution in [0.2, 0.25) is 0 Å². The fourth-order valence-electron chi connectivity index (χ4n) is 0.959. The molecule has 0 aromatic heterocycles. The first-order valence-corrected chi connectivity index (χ1v) is 4.28. The van der Waals surface area contributed by atoms with Gasteiger partial charge in [0.05, 0.1) is 12.7 Å². The average Bonchev–Trinajstić information content (AvgIpc) is 2.02. The summed E-state index contributed by atoms with van der Waals surface area (Å²) in [7, 11) is 0. The summed E-state index contributed by atoms with van der Waals surface area (Å²) in [4.78, 5) is 0. The molecule has 0 unspecified atom stereocenters. The van der Waals surface area contributed by atoms with Crippen molar-refractivity contribution in [3.63, 3.8) is 0 Å². The molecule has 0 radical (unpaired) electrons. The Morgan fingerprint density at radius 2 is 2.15 bits per heavy atom. The van der Waals surface area contributed by atoms with Crippen molar-refractivity contribution in [2.75, 3.05) is 5.73 Å². The largest absolute Gasteiger partial charge is 0.508 e. The highest BCUT2D eigenvalue weighted by atomic mass is 16.5. The van der Waals surface area contributed by atoms with Crippen molar-refractivity contribution in [3.05, 3.63) is 23.8 Å². The second kappa shape index (κ2) is 4.14. The Labute approximate surface area is 78.1 Å². The van der Waals surface area contributed by atoms with Crippen LogP contribution in [-0.2, 0) is 11.3 Å². The molecule has 0 aliphatic rings. The standard InChI is InChI=1S/C10H15NO2/c1-7(2)13-6-8-3-4-9(11)5-10(8)12/h3-5,7,12H,6,11H2,1-2H3. The van der Waals surface area contributed by atoms with E-state index in [2.05, 4.69) is 0 Å². The van der Waals surface area contributed by atoms with Crippen molar-refractivity contribution in [2.45, 2.75) is 26.6 Å². The second-order valence-corrected chi connectivity index (χ2v) is 3.25. The van der Waals surface area contributed by atoms with E-state index in [0.29, 0.717) is 12.3 Å². The monoisotopic (exact) mass is 181 g/mol. The van der Waals surface area contributed by atoms with E-state index >= 15 is 0 Å². The highest BCUT2D eigenvalue weighted by Crippen LogP contribution is 2.20. The Morgan fingerprint density at radius 3 is 2.69 bits per heavy atom. The fraction of sp³-hybridized carbons (Fsp3) is 0.400. The molecule has 3 nitrogen and oxygen atoms in total. The molecule has 1 aromatic rings. The Balaban J connectivity index is 2.67. The van der Waals surface area contributed by atoms with Crippen LogP contribution in [0.1, 0.15) is 19.4 Å². The molecule has 0 fully saturated rings. The molecule has 0 spiro atoms. The summed E-state index contributed by atoms with van der Waals surface area (Å²) in [6, 6.07) is 5.05. The molecule has 0 atom stereocenters. The van der Waals surface area contributed by atoms with Gasteiger partial charge in [-0.25, -0.2) is 0 Å². The van der Waals surface area contributed by atoms with Crippen LogP contribution in [0.4, 0.5) is 5.69 Å². The van der Waals surface area contributed by atoms with Crippen molar-refractivity contribution in [1.82, 2.24) is 0 Å². The van der Waals surface area contributed by atoms with E-state index in [4.69, 9.17) is 10.5 Å². The lowest BCUT2D eigenvalue weighted by atomic mass is 10.2. The minimum Gasteiger partial charge on any atom is -0.508 e. The van der Waals surface area contributed by atoms with Crippen molar-refractivity contribution < 1.29 is 9.84 Å². The van der Waals surface area contributed by atoms with Crippen molar-refractivity contribution in [1.29, 1.82) is 0 Å². The first-order valence-electron chi connectivity index (χ1n) is 4.28. The number of aromatic hydroxyl groups is 1. The maximum absolute atomic E-state index is 9.44. The first kappa shape index (κ1) is 9.86. The van der Waals surface area contributed by atoms with E-state index in [-0.39, 0.29) is 11.9 Å². The zero-order chi connectivity index (χ0) is 9.84. The van der Waals surface area contributed by atoms with E-state index < -0.39 is 0 Å². The van der Waals surface area contributed by atoms with Gasteiger partial charge in [0.1, 0.15) is 5.75 Å². The molecule has 72 valence electrons. The van der Waals surface area contributed by atoms with Crippen LogP contribution in [0, 0.1) is 0 Å². The predicted octanol–water partition coefficient (Wildman–Crippen LogP) is 1.90. The molecule has 0 aliphatic carbocycles. The van der Waals surface area contributed by atoms with E-state index in [1.54, 1.807) is 12.1 Å². The summed E-state index contributed by atoms with van der Waals surface area (Å²) in [5.74, 6) is 0.195. The van der Waals surface area contributed by atoms with E-state index in [0.717, 1.165) is 5.56 Å². The van der Waals surface area contributed by atoms with Crippen LogP contribution in [0.25, 0.3) is 0 Å². The zero-order valence-electron chi connectivity index (χ0n) is 7.95. The molecule has 0 amide bonds. The van der Waals surface area contributed by atoms with Crippen molar-refractivity contribution >= 4 is 5.69 Å². The smallest absolute Gasteiger partial charge is 0.123 e. The van der Waals surface area contributed by atoms with Crippen LogP contribution < -0.4 is 5.73 Å². The Morgan fingerprint density at radius 1 is 1.46 bits per heavy atom. The van der Waals surface area contributed by atoms with Gasteiger partial charge < -0.3 is 15.6 Å². The number of hydrogen-bond acceptors (Lipinski definition) is 3. The lowest BCUT2D eigenvalue weighted by Crippen LogP contribution is -2.02. The van der Waals surface area contributed by atoms with E-state index in [1.165, 1.54) is 6.07 Å². The highest BCUT2D eigenvalue weighted by Gasteiger charge is 2.02. The topological polar surface area (TPSA) is 55.5 Å². The fourth-order valence-corrected chi connectivity index (χ4v) is 0.959. The average molecular weight is 181 g/mol. The third kappa shape index (κ3) is 2.95. The Bertz CT molecular complexity index is 284. The molecule has 0 bridgehead atoms. The second-order valence-electron chi connectivity index (χ2n) is 3.25. The summed E-state index contributed by atoms with van der Waals surface area (Å²) in [6.45, 7) is 4.33. The molecule has 1 aromatic carbocycles. The molecular formula is C10H15NO2. The van der Waals surface area contributed by atoms with Gasteiger partial charge in [0.25, 0.3) is 0 Å². The molecular weight excluding hydrogens is 166 g/mol. The Hall–Kier alpha value is -1.22. The summed E-state index contributed by atoms with van der Waals surface area (Å²) >= 11 is 0. The van der Waals surface area contributed by atoms with Gasteiger partial charge in [0.15, 0.2) is 0 Å². The number of rotatable bonds is 3. The van der Waals surface area contributed by atoms with Crippen molar-refractivity contribution in [2.24, 2.45) is 0 Å². The zero-order valence-corrected chi connectivity index (χ0v) is 7.95. The van der Waals surface area contributed by atoms with Crippen LogP contribution >= 0.6 is 0 Å². The number of nitrogen functional groups attached to an aromatic ring is 1. The summed E-state index contributed by atoms with van der Waals surface area (Å²) in [5, 5.41) is 9.44. The molecule has 0 saturated heterocycles. The number of hydrogen-bond donors (Lipinski definition) is 2. The molecule has 0 saturated carbocycles. The minimum absolute atomic E-state index is 0.164. The molecule has 1 rings (SSSR count). The number of ether oxygens (including phenoxy) is 1. The first-order chi connectivity index (χ1) is 6.09. The summed E-state index contributed by atoms with van der Waals surface area (Å²) in [5.41, 5.74) is 6.81. The van der Waals surface area contributed by atoms with Gasteiger partial charge >= 0.3 is 0 Å². The maximum Gasteiger partial charge on any atom is 0.123 e. The summed E-state index contributed by atoms with van der Waals surface area (Å²) in [6.07, 6.45) is 0.164. The van der Waals surface area contributed by atoms with Gasteiger partial charge in [-0.1, -0.05) is 6.07 Å². The van der Waals surface area contributed by atoms with Crippen LogP contribution in [0.15, 0.2) is 18.2 Å². The maximum atomic E-state index is 9.44.